The molecule has 0 unspecified atom stereocenters. The first-order valence-electron chi connectivity index (χ1n) is 6.46. The van der Waals surface area contributed by atoms with Crippen LogP contribution in [0.1, 0.15) is 32.1 Å². The van der Waals surface area contributed by atoms with Crippen LogP contribution in [0.4, 0.5) is 13.2 Å². The lowest BCUT2D eigenvalue weighted by molar-refractivity contribution is -0.137. The highest BCUT2D eigenvalue weighted by Gasteiger charge is 2.31. The molecule has 0 saturated heterocycles. The van der Waals surface area contributed by atoms with E-state index in [-0.39, 0.29) is 11.3 Å². The third kappa shape index (κ3) is 6.51. The quantitative estimate of drug-likeness (QED) is 0.791. The van der Waals surface area contributed by atoms with Gasteiger partial charge in [-0.3, -0.25) is 4.79 Å². The molecule has 19 heavy (non-hydrogen) atoms. The van der Waals surface area contributed by atoms with Crippen LogP contribution in [0.25, 0.3) is 0 Å². The summed E-state index contributed by atoms with van der Waals surface area (Å²) < 4.78 is 35.9. The zero-order valence-corrected chi connectivity index (χ0v) is 11.9. The van der Waals surface area contributed by atoms with Crippen molar-refractivity contribution in [2.75, 3.05) is 25.9 Å². The number of alkyl halides is 3. The number of halogens is 3. The maximum atomic E-state index is 11.9. The lowest BCUT2D eigenvalue weighted by atomic mass is 9.88. The van der Waals surface area contributed by atoms with Gasteiger partial charge in [0.05, 0.1) is 6.54 Å². The second-order valence-electron chi connectivity index (χ2n) is 4.94. The van der Waals surface area contributed by atoms with Crippen LogP contribution in [0.15, 0.2) is 0 Å². The SMILES string of the molecule is CSC1(CNCC(=O)NCC(F)(F)F)CCCCC1. The third-order valence-electron chi connectivity index (χ3n) is 3.42. The first-order valence-corrected chi connectivity index (χ1v) is 7.69. The van der Waals surface area contributed by atoms with Crippen LogP contribution in [0.5, 0.6) is 0 Å². The van der Waals surface area contributed by atoms with Gasteiger partial charge in [-0.2, -0.15) is 24.9 Å². The molecule has 0 radical (unpaired) electrons. The molecule has 0 spiro atoms. The molecule has 112 valence electrons. The van der Waals surface area contributed by atoms with Gasteiger partial charge >= 0.3 is 6.18 Å². The summed E-state index contributed by atoms with van der Waals surface area (Å²) in [6, 6.07) is 0. The number of amides is 1. The third-order valence-corrected chi connectivity index (χ3v) is 4.84. The van der Waals surface area contributed by atoms with Crippen LogP contribution in [-0.4, -0.2) is 42.7 Å². The van der Waals surface area contributed by atoms with Gasteiger partial charge in [0, 0.05) is 11.3 Å². The molecule has 1 aliphatic rings. The molecule has 1 aliphatic carbocycles. The second-order valence-corrected chi connectivity index (χ2v) is 6.22. The molecule has 1 fully saturated rings. The minimum Gasteiger partial charge on any atom is -0.346 e. The standard InChI is InChI=1S/C12H21F3N2OS/c1-19-11(5-3-2-4-6-11)8-16-7-10(18)17-9-12(13,14)15/h16H,2-9H2,1H3,(H,17,18). The Morgan fingerprint density at radius 1 is 1.26 bits per heavy atom. The van der Waals surface area contributed by atoms with Crippen molar-refractivity contribution in [1.82, 2.24) is 10.6 Å². The maximum absolute atomic E-state index is 11.9. The molecule has 7 heteroatoms. The number of carbonyl (C=O) groups is 1. The van der Waals surface area contributed by atoms with Gasteiger partial charge in [-0.25, -0.2) is 0 Å². The van der Waals surface area contributed by atoms with E-state index in [0.717, 1.165) is 12.8 Å². The van der Waals surface area contributed by atoms with Crippen molar-refractivity contribution in [3.8, 4) is 0 Å². The average molecular weight is 298 g/mol. The van der Waals surface area contributed by atoms with E-state index in [1.54, 1.807) is 11.8 Å². The van der Waals surface area contributed by atoms with Crippen molar-refractivity contribution in [1.29, 1.82) is 0 Å². The van der Waals surface area contributed by atoms with Crippen LogP contribution in [-0.2, 0) is 4.79 Å². The lowest BCUT2D eigenvalue weighted by Gasteiger charge is -2.36. The van der Waals surface area contributed by atoms with Gasteiger partial charge in [0.25, 0.3) is 0 Å². The zero-order valence-electron chi connectivity index (χ0n) is 11.1. The Morgan fingerprint density at radius 2 is 1.89 bits per heavy atom. The smallest absolute Gasteiger partial charge is 0.346 e. The van der Waals surface area contributed by atoms with E-state index in [0.29, 0.717) is 6.54 Å². The van der Waals surface area contributed by atoms with E-state index in [1.165, 1.54) is 19.3 Å². The van der Waals surface area contributed by atoms with E-state index in [2.05, 4.69) is 11.6 Å². The van der Waals surface area contributed by atoms with Crippen molar-refractivity contribution in [2.24, 2.45) is 0 Å². The Balaban J connectivity index is 2.23. The summed E-state index contributed by atoms with van der Waals surface area (Å²) in [5, 5.41) is 4.84. The summed E-state index contributed by atoms with van der Waals surface area (Å²) in [5.41, 5.74) is 0. The molecule has 0 atom stereocenters. The summed E-state index contributed by atoms with van der Waals surface area (Å²) in [5.74, 6) is -0.607. The van der Waals surface area contributed by atoms with Crippen LogP contribution < -0.4 is 10.6 Å². The molecule has 0 bridgehead atoms. The topological polar surface area (TPSA) is 41.1 Å². The Hall–Kier alpha value is -0.430. The van der Waals surface area contributed by atoms with Crippen molar-refractivity contribution >= 4 is 17.7 Å². The molecule has 1 saturated carbocycles. The number of carbonyl (C=O) groups excluding carboxylic acids is 1. The van der Waals surface area contributed by atoms with Gasteiger partial charge in [0.1, 0.15) is 6.54 Å². The molecule has 0 aliphatic heterocycles. The van der Waals surface area contributed by atoms with Crippen molar-refractivity contribution in [2.45, 2.75) is 43.0 Å². The number of hydrogen-bond donors (Lipinski definition) is 2. The Morgan fingerprint density at radius 3 is 2.42 bits per heavy atom. The number of nitrogens with one attached hydrogen (secondary N) is 2. The van der Waals surface area contributed by atoms with Gasteiger partial charge in [0.2, 0.25) is 5.91 Å². The van der Waals surface area contributed by atoms with E-state index in [9.17, 15) is 18.0 Å². The fraction of sp³-hybridized carbons (Fsp3) is 0.917. The Labute approximate surface area is 116 Å². The molecule has 1 amide bonds. The second kappa shape index (κ2) is 7.38. The molecule has 0 aromatic rings. The largest absolute Gasteiger partial charge is 0.405 e. The molecule has 0 aromatic carbocycles. The summed E-state index contributed by atoms with van der Waals surface area (Å²) in [6.45, 7) is -0.646. The van der Waals surface area contributed by atoms with E-state index in [1.807, 2.05) is 5.32 Å². The summed E-state index contributed by atoms with van der Waals surface area (Å²) in [4.78, 5) is 11.2. The van der Waals surface area contributed by atoms with Crippen LogP contribution in [0, 0.1) is 0 Å². The predicted molar refractivity (Wildman–Crippen MR) is 71.3 cm³/mol. The van der Waals surface area contributed by atoms with Gasteiger partial charge in [0.15, 0.2) is 0 Å². The van der Waals surface area contributed by atoms with Crippen LogP contribution in [0.3, 0.4) is 0 Å². The lowest BCUT2D eigenvalue weighted by Crippen LogP contribution is -2.44. The molecular formula is C12H21F3N2OS. The molecule has 0 aromatic heterocycles. The Kier molecular flexibility index (Phi) is 6.46. The molecular weight excluding hydrogens is 277 g/mol. The van der Waals surface area contributed by atoms with Gasteiger partial charge in [-0.05, 0) is 19.1 Å². The Bertz CT molecular complexity index is 291. The summed E-state index contributed by atoms with van der Waals surface area (Å²) in [7, 11) is 0. The molecule has 2 N–H and O–H groups in total. The van der Waals surface area contributed by atoms with E-state index < -0.39 is 18.6 Å². The average Bonchev–Trinajstić information content (AvgIpc) is 2.37. The van der Waals surface area contributed by atoms with E-state index >= 15 is 0 Å². The number of thioether (sulfide) groups is 1. The van der Waals surface area contributed by atoms with Gasteiger partial charge in [-0.15, -0.1) is 0 Å². The number of rotatable bonds is 6. The zero-order chi connectivity index (χ0) is 14.4. The minimum atomic E-state index is -4.35. The molecule has 1 rings (SSSR count). The normalized spacial score (nSPS) is 19.2. The van der Waals surface area contributed by atoms with Gasteiger partial charge in [-0.1, -0.05) is 19.3 Å². The monoisotopic (exact) mass is 298 g/mol. The highest BCUT2D eigenvalue weighted by atomic mass is 32.2. The predicted octanol–water partition coefficient (Wildman–Crippen LogP) is 2.32. The fourth-order valence-electron chi connectivity index (χ4n) is 2.31. The van der Waals surface area contributed by atoms with Crippen molar-refractivity contribution < 1.29 is 18.0 Å². The first kappa shape index (κ1) is 16.6. The fourth-order valence-corrected chi connectivity index (χ4v) is 3.26. The minimum absolute atomic E-state index is 0.0572. The van der Waals surface area contributed by atoms with Gasteiger partial charge < -0.3 is 10.6 Å². The molecule has 0 heterocycles. The summed E-state index contributed by atoms with van der Waals surface area (Å²) >= 11 is 1.79. The highest BCUT2D eigenvalue weighted by Crippen LogP contribution is 2.37. The summed E-state index contributed by atoms with van der Waals surface area (Å²) in [6.07, 6.45) is 3.52. The van der Waals surface area contributed by atoms with Crippen molar-refractivity contribution in [3.63, 3.8) is 0 Å². The van der Waals surface area contributed by atoms with E-state index in [4.69, 9.17) is 0 Å². The maximum Gasteiger partial charge on any atom is 0.405 e. The molecule has 3 nitrogen and oxygen atoms in total. The highest BCUT2D eigenvalue weighted by molar-refractivity contribution is 8.00. The first-order chi connectivity index (χ1) is 8.87. The number of hydrogen-bond acceptors (Lipinski definition) is 3. The van der Waals surface area contributed by atoms with Crippen LogP contribution in [0.2, 0.25) is 0 Å². The van der Waals surface area contributed by atoms with Crippen molar-refractivity contribution in [3.05, 3.63) is 0 Å². The van der Waals surface area contributed by atoms with Crippen LogP contribution >= 0.6 is 11.8 Å².